The molecule has 8 heteroatoms. The summed E-state index contributed by atoms with van der Waals surface area (Å²) in [6.45, 7) is 0.940. The lowest BCUT2D eigenvalue weighted by Crippen LogP contribution is -2.46. The van der Waals surface area contributed by atoms with Gasteiger partial charge in [0.05, 0.1) is 24.7 Å². The Morgan fingerprint density at radius 1 is 1.09 bits per heavy atom. The monoisotopic (exact) mass is 472 g/mol. The SMILES string of the molecule is COc1c(C(=O)N2CCCC(N)C2)n(C)c2c1c(=O)n(CC(=O)c1ccccc1)c1ccccc21. The van der Waals surface area contributed by atoms with Gasteiger partial charge in [0.1, 0.15) is 5.39 Å². The predicted molar refractivity (Wildman–Crippen MR) is 135 cm³/mol. The molecule has 3 heterocycles. The number of nitrogens with zero attached hydrogens (tertiary/aromatic N) is 3. The molecule has 2 aromatic carbocycles. The summed E-state index contributed by atoms with van der Waals surface area (Å²) in [5.74, 6) is -0.167. The van der Waals surface area contributed by atoms with E-state index < -0.39 is 0 Å². The van der Waals surface area contributed by atoms with E-state index in [2.05, 4.69) is 0 Å². The van der Waals surface area contributed by atoms with E-state index in [0.29, 0.717) is 40.8 Å². The number of piperidine rings is 1. The van der Waals surface area contributed by atoms with Gasteiger partial charge in [-0.25, -0.2) is 0 Å². The van der Waals surface area contributed by atoms with Crippen LogP contribution in [-0.4, -0.2) is 52.0 Å². The zero-order chi connectivity index (χ0) is 24.7. The molecule has 0 aliphatic carbocycles. The van der Waals surface area contributed by atoms with Gasteiger partial charge in [0.25, 0.3) is 11.5 Å². The summed E-state index contributed by atoms with van der Waals surface area (Å²) < 4.78 is 8.91. The van der Waals surface area contributed by atoms with Crippen molar-refractivity contribution in [1.29, 1.82) is 0 Å². The number of Topliss-reactive ketones (excluding diaryl/α,β-unsaturated/α-hetero) is 1. The average Bonchev–Trinajstić information content (AvgIpc) is 3.18. The third-order valence-corrected chi connectivity index (χ3v) is 6.81. The number of methoxy groups -OCH3 is 1. The van der Waals surface area contributed by atoms with Gasteiger partial charge in [-0.15, -0.1) is 0 Å². The highest BCUT2D eigenvalue weighted by atomic mass is 16.5. The zero-order valence-electron chi connectivity index (χ0n) is 19.9. The van der Waals surface area contributed by atoms with E-state index in [1.807, 2.05) is 30.3 Å². The Morgan fingerprint density at radius 2 is 1.80 bits per heavy atom. The number of hydrogen-bond donors (Lipinski definition) is 1. The number of ketones is 1. The number of pyridine rings is 1. The molecule has 1 unspecified atom stereocenters. The van der Waals surface area contributed by atoms with Crippen molar-refractivity contribution in [1.82, 2.24) is 14.0 Å². The van der Waals surface area contributed by atoms with E-state index in [9.17, 15) is 14.4 Å². The van der Waals surface area contributed by atoms with Crippen molar-refractivity contribution in [2.45, 2.75) is 25.4 Å². The van der Waals surface area contributed by atoms with Gasteiger partial charge < -0.3 is 19.9 Å². The van der Waals surface area contributed by atoms with Crippen LogP contribution in [0.2, 0.25) is 0 Å². The maximum Gasteiger partial charge on any atom is 0.274 e. The van der Waals surface area contributed by atoms with Crippen LogP contribution in [0.5, 0.6) is 5.75 Å². The number of aromatic nitrogens is 2. The highest BCUT2D eigenvalue weighted by molar-refractivity contribution is 6.12. The third kappa shape index (κ3) is 3.80. The number of amides is 1. The summed E-state index contributed by atoms with van der Waals surface area (Å²) in [7, 11) is 3.23. The molecule has 1 aliphatic heterocycles. The first-order valence-electron chi connectivity index (χ1n) is 11.7. The Morgan fingerprint density at radius 3 is 2.51 bits per heavy atom. The number of nitrogens with two attached hydrogens (primary N) is 1. The standard InChI is InChI=1S/C27H28N4O4/c1-29-23-19-12-6-7-13-20(19)31(16-21(32)17-9-4-3-5-10-17)26(33)22(23)25(35-2)24(29)27(34)30-14-8-11-18(28)15-30/h3-7,9-10,12-13,18H,8,11,14-16,28H2,1-2H3. The summed E-state index contributed by atoms with van der Waals surface area (Å²) in [5, 5.41) is 1.05. The molecule has 0 bridgehead atoms. The Kier molecular flexibility index (Phi) is 5.90. The molecule has 1 atom stereocenters. The second kappa shape index (κ2) is 9.03. The number of hydrogen-bond acceptors (Lipinski definition) is 5. The Hall–Kier alpha value is -3.91. The fourth-order valence-corrected chi connectivity index (χ4v) is 5.12. The van der Waals surface area contributed by atoms with Crippen LogP contribution >= 0.6 is 0 Å². The third-order valence-electron chi connectivity index (χ3n) is 6.81. The van der Waals surface area contributed by atoms with Gasteiger partial charge in [-0.2, -0.15) is 0 Å². The molecule has 8 nitrogen and oxygen atoms in total. The van der Waals surface area contributed by atoms with Crippen molar-refractivity contribution in [2.75, 3.05) is 20.2 Å². The van der Waals surface area contributed by atoms with Crippen LogP contribution < -0.4 is 16.0 Å². The minimum atomic E-state index is -0.371. The first kappa shape index (κ1) is 22.9. The van der Waals surface area contributed by atoms with Crippen LogP contribution in [0.25, 0.3) is 21.8 Å². The van der Waals surface area contributed by atoms with E-state index in [0.717, 1.165) is 18.2 Å². The first-order valence-corrected chi connectivity index (χ1v) is 11.7. The van der Waals surface area contributed by atoms with Crippen molar-refractivity contribution in [2.24, 2.45) is 12.8 Å². The number of benzene rings is 2. The molecule has 2 N–H and O–H groups in total. The molecule has 1 fully saturated rings. The average molecular weight is 473 g/mol. The van der Waals surface area contributed by atoms with Gasteiger partial charge in [0.15, 0.2) is 17.2 Å². The van der Waals surface area contributed by atoms with Gasteiger partial charge in [0, 0.05) is 37.1 Å². The van der Waals surface area contributed by atoms with Gasteiger partial charge >= 0.3 is 0 Å². The van der Waals surface area contributed by atoms with Crippen molar-refractivity contribution in [3.05, 3.63) is 76.2 Å². The first-order chi connectivity index (χ1) is 16.9. The number of carbonyl (C=O) groups is 2. The van der Waals surface area contributed by atoms with Gasteiger partial charge in [-0.05, 0) is 18.9 Å². The zero-order valence-corrected chi connectivity index (χ0v) is 19.9. The fourth-order valence-electron chi connectivity index (χ4n) is 5.12. The predicted octanol–water partition coefficient (Wildman–Crippen LogP) is 2.95. The molecule has 4 aromatic rings. The lowest BCUT2D eigenvalue weighted by Gasteiger charge is -2.31. The maximum atomic E-state index is 13.9. The highest BCUT2D eigenvalue weighted by Gasteiger charge is 2.31. The van der Waals surface area contributed by atoms with E-state index >= 15 is 0 Å². The summed E-state index contributed by atoms with van der Waals surface area (Å²) in [6.07, 6.45) is 1.71. The second-order valence-electron chi connectivity index (χ2n) is 9.02. The lowest BCUT2D eigenvalue weighted by atomic mass is 10.1. The van der Waals surface area contributed by atoms with E-state index in [1.54, 1.807) is 40.8 Å². The number of aryl methyl sites for hydroxylation is 1. The number of likely N-dealkylation sites (tertiary alicyclic amines) is 1. The van der Waals surface area contributed by atoms with Crippen LogP contribution in [0.4, 0.5) is 0 Å². The number of ether oxygens (including phenoxy) is 1. The minimum Gasteiger partial charge on any atom is -0.493 e. The molecule has 180 valence electrons. The Bertz CT molecular complexity index is 1500. The quantitative estimate of drug-likeness (QED) is 0.450. The number of rotatable bonds is 5. The van der Waals surface area contributed by atoms with Gasteiger partial charge in [-0.3, -0.25) is 19.0 Å². The normalized spacial score (nSPS) is 16.1. The molecular formula is C27H28N4O4. The molecule has 1 amide bonds. The number of carbonyl (C=O) groups excluding carboxylic acids is 2. The molecule has 1 saturated heterocycles. The van der Waals surface area contributed by atoms with Crippen molar-refractivity contribution in [3.8, 4) is 5.75 Å². The Labute approximate surface area is 202 Å². The van der Waals surface area contributed by atoms with Crippen LogP contribution in [0.3, 0.4) is 0 Å². The highest BCUT2D eigenvalue weighted by Crippen LogP contribution is 2.35. The molecule has 5 rings (SSSR count). The molecule has 1 aliphatic rings. The number of fused-ring (bicyclic) bond motifs is 3. The minimum absolute atomic E-state index is 0.0737. The number of para-hydroxylation sites is 1. The Balaban J connectivity index is 1.73. The summed E-state index contributed by atoms with van der Waals surface area (Å²) in [4.78, 5) is 42.3. The molecule has 35 heavy (non-hydrogen) atoms. The molecular weight excluding hydrogens is 444 g/mol. The fraction of sp³-hybridized carbons (Fsp3) is 0.296. The van der Waals surface area contributed by atoms with Crippen molar-refractivity contribution < 1.29 is 14.3 Å². The maximum absolute atomic E-state index is 13.9. The molecule has 0 radical (unpaired) electrons. The summed E-state index contributed by atoms with van der Waals surface area (Å²) in [6, 6.07) is 16.2. The summed E-state index contributed by atoms with van der Waals surface area (Å²) >= 11 is 0. The topological polar surface area (TPSA) is 99.6 Å². The van der Waals surface area contributed by atoms with Crippen molar-refractivity contribution >= 4 is 33.5 Å². The van der Waals surface area contributed by atoms with Crippen LogP contribution in [0.1, 0.15) is 33.7 Å². The van der Waals surface area contributed by atoms with Gasteiger partial charge in [0.2, 0.25) is 0 Å². The summed E-state index contributed by atoms with van der Waals surface area (Å²) in [5.41, 5.74) is 7.82. The van der Waals surface area contributed by atoms with E-state index in [-0.39, 0.29) is 35.6 Å². The molecule has 0 spiro atoms. The van der Waals surface area contributed by atoms with Crippen LogP contribution in [0, 0.1) is 0 Å². The lowest BCUT2D eigenvalue weighted by molar-refractivity contribution is 0.0696. The smallest absolute Gasteiger partial charge is 0.274 e. The van der Waals surface area contributed by atoms with E-state index in [4.69, 9.17) is 10.5 Å². The van der Waals surface area contributed by atoms with Crippen molar-refractivity contribution in [3.63, 3.8) is 0 Å². The van der Waals surface area contributed by atoms with Crippen LogP contribution in [-0.2, 0) is 13.6 Å². The molecule has 0 saturated carbocycles. The van der Waals surface area contributed by atoms with E-state index in [1.165, 1.54) is 11.7 Å². The second-order valence-corrected chi connectivity index (χ2v) is 9.02. The van der Waals surface area contributed by atoms with Crippen LogP contribution in [0.15, 0.2) is 59.4 Å². The van der Waals surface area contributed by atoms with Gasteiger partial charge in [-0.1, -0.05) is 48.5 Å². The largest absolute Gasteiger partial charge is 0.493 e. The molecule has 2 aromatic heterocycles.